The zero-order chi connectivity index (χ0) is 26.7. The Morgan fingerprint density at radius 3 is 2.57 bits per heavy atom. The minimum atomic E-state index is -0.996. The SMILES string of the molecule is COc1cc(C=Nn2c(C(C)C)nc3ccc(Br)cc3c2=O)cc(Cl)c1OCc1ccc(C(=O)O)cc1. The highest BCUT2D eigenvalue weighted by atomic mass is 79.9. The Balaban J connectivity index is 1.64. The largest absolute Gasteiger partial charge is 0.493 e. The van der Waals surface area contributed by atoms with Crippen LogP contribution in [-0.4, -0.2) is 34.1 Å². The van der Waals surface area contributed by atoms with Crippen LogP contribution in [0.25, 0.3) is 10.9 Å². The Labute approximate surface area is 226 Å². The van der Waals surface area contributed by atoms with Crippen LogP contribution < -0.4 is 15.0 Å². The van der Waals surface area contributed by atoms with E-state index in [1.165, 1.54) is 30.1 Å². The van der Waals surface area contributed by atoms with Crippen LogP contribution >= 0.6 is 27.5 Å². The lowest BCUT2D eigenvalue weighted by Crippen LogP contribution is -2.23. The van der Waals surface area contributed by atoms with Crippen LogP contribution in [0.1, 0.15) is 47.1 Å². The van der Waals surface area contributed by atoms with Crippen LogP contribution in [0.3, 0.4) is 0 Å². The quantitative estimate of drug-likeness (QED) is 0.251. The van der Waals surface area contributed by atoms with Crippen molar-refractivity contribution in [2.45, 2.75) is 26.4 Å². The van der Waals surface area contributed by atoms with E-state index in [1.807, 2.05) is 19.9 Å². The van der Waals surface area contributed by atoms with Crippen molar-refractivity contribution in [1.29, 1.82) is 0 Å². The number of nitrogens with zero attached hydrogens (tertiary/aromatic N) is 3. The number of rotatable bonds is 8. The summed E-state index contributed by atoms with van der Waals surface area (Å²) in [4.78, 5) is 28.9. The first-order chi connectivity index (χ1) is 17.7. The molecular formula is C27H23BrClN3O5. The van der Waals surface area contributed by atoms with Crippen molar-refractivity contribution in [3.05, 3.63) is 97.0 Å². The van der Waals surface area contributed by atoms with Gasteiger partial charge in [0.15, 0.2) is 11.5 Å². The number of ether oxygens (including phenoxy) is 2. The fourth-order valence-corrected chi connectivity index (χ4v) is 4.26. The lowest BCUT2D eigenvalue weighted by molar-refractivity contribution is 0.0697. The lowest BCUT2D eigenvalue weighted by atomic mass is 10.1. The fourth-order valence-electron chi connectivity index (χ4n) is 3.63. The van der Waals surface area contributed by atoms with Gasteiger partial charge in [-0.3, -0.25) is 4.79 Å². The molecule has 4 aromatic rings. The van der Waals surface area contributed by atoms with Gasteiger partial charge in [0, 0.05) is 10.4 Å². The highest BCUT2D eigenvalue weighted by Crippen LogP contribution is 2.36. The Morgan fingerprint density at radius 1 is 1.19 bits per heavy atom. The minimum Gasteiger partial charge on any atom is -0.493 e. The predicted octanol–water partition coefficient (Wildman–Crippen LogP) is 6.10. The van der Waals surface area contributed by atoms with Crippen molar-refractivity contribution in [3.63, 3.8) is 0 Å². The van der Waals surface area contributed by atoms with E-state index in [9.17, 15) is 9.59 Å². The van der Waals surface area contributed by atoms with Gasteiger partial charge in [0.05, 0.1) is 34.8 Å². The standard InChI is InChI=1S/C27H23BrClN3O5/c1-15(2)25-31-22-9-8-19(28)12-20(22)26(33)32(25)30-13-17-10-21(29)24(23(11-17)36-3)37-14-16-4-6-18(7-5-16)27(34)35/h4-13,15H,14H2,1-3H3,(H,34,35). The second kappa shape index (κ2) is 11.1. The molecule has 37 heavy (non-hydrogen) atoms. The van der Waals surface area contributed by atoms with Gasteiger partial charge in [-0.1, -0.05) is 53.5 Å². The highest BCUT2D eigenvalue weighted by Gasteiger charge is 2.15. The molecule has 0 fully saturated rings. The summed E-state index contributed by atoms with van der Waals surface area (Å²) in [5, 5.41) is 14.2. The number of hydrogen-bond acceptors (Lipinski definition) is 6. The first-order valence-electron chi connectivity index (χ1n) is 11.3. The molecule has 0 amide bonds. The summed E-state index contributed by atoms with van der Waals surface area (Å²) in [5.74, 6) is 0.206. The van der Waals surface area contributed by atoms with E-state index in [-0.39, 0.29) is 23.6 Å². The third kappa shape index (κ3) is 5.84. The van der Waals surface area contributed by atoms with Gasteiger partial charge in [-0.2, -0.15) is 9.78 Å². The third-order valence-electron chi connectivity index (χ3n) is 5.51. The molecule has 1 aromatic heterocycles. The molecule has 4 rings (SSSR count). The van der Waals surface area contributed by atoms with E-state index in [4.69, 9.17) is 26.2 Å². The maximum Gasteiger partial charge on any atom is 0.335 e. The Hall–Kier alpha value is -3.69. The molecule has 1 N–H and O–H groups in total. The lowest BCUT2D eigenvalue weighted by Gasteiger charge is -2.14. The molecular weight excluding hydrogens is 562 g/mol. The second-order valence-corrected chi connectivity index (χ2v) is 9.80. The number of aromatic nitrogens is 2. The molecule has 190 valence electrons. The molecule has 0 unspecified atom stereocenters. The van der Waals surface area contributed by atoms with Crippen LogP contribution in [-0.2, 0) is 6.61 Å². The average molecular weight is 585 g/mol. The summed E-state index contributed by atoms with van der Waals surface area (Å²) in [5.41, 5.74) is 1.88. The molecule has 0 saturated carbocycles. The highest BCUT2D eigenvalue weighted by molar-refractivity contribution is 9.10. The molecule has 0 saturated heterocycles. The van der Waals surface area contributed by atoms with Gasteiger partial charge in [-0.25, -0.2) is 9.78 Å². The predicted molar refractivity (Wildman–Crippen MR) is 147 cm³/mol. The smallest absolute Gasteiger partial charge is 0.335 e. The van der Waals surface area contributed by atoms with Crippen molar-refractivity contribution in [2.75, 3.05) is 7.11 Å². The summed E-state index contributed by atoms with van der Waals surface area (Å²) < 4.78 is 13.4. The van der Waals surface area contributed by atoms with Crippen LogP contribution in [0.4, 0.5) is 0 Å². The molecule has 3 aromatic carbocycles. The molecule has 1 heterocycles. The Morgan fingerprint density at radius 2 is 1.92 bits per heavy atom. The first-order valence-corrected chi connectivity index (χ1v) is 12.4. The summed E-state index contributed by atoms with van der Waals surface area (Å²) in [7, 11) is 1.49. The minimum absolute atomic E-state index is 0.0450. The van der Waals surface area contributed by atoms with Crippen molar-refractivity contribution < 1.29 is 19.4 Å². The zero-order valence-corrected chi connectivity index (χ0v) is 22.6. The normalized spacial score (nSPS) is 11.4. The van der Waals surface area contributed by atoms with E-state index in [0.717, 1.165) is 10.0 Å². The fraction of sp³-hybridized carbons (Fsp3) is 0.185. The van der Waals surface area contributed by atoms with Gasteiger partial charge < -0.3 is 14.6 Å². The molecule has 0 bridgehead atoms. The summed E-state index contributed by atoms with van der Waals surface area (Å²) in [6.45, 7) is 4.05. The molecule has 0 radical (unpaired) electrons. The van der Waals surface area contributed by atoms with Crippen molar-refractivity contribution in [2.24, 2.45) is 5.10 Å². The number of carbonyl (C=O) groups is 1. The van der Waals surface area contributed by atoms with Crippen LogP contribution in [0.15, 0.2) is 69.0 Å². The Kier molecular flexibility index (Phi) is 7.94. The molecule has 0 aliphatic carbocycles. The van der Waals surface area contributed by atoms with Crippen LogP contribution in [0.2, 0.25) is 5.02 Å². The van der Waals surface area contributed by atoms with Gasteiger partial charge in [0.2, 0.25) is 0 Å². The number of carboxylic acids is 1. The number of carboxylic acid groups (broad SMARTS) is 1. The topological polar surface area (TPSA) is 103 Å². The maximum absolute atomic E-state index is 13.2. The second-order valence-electron chi connectivity index (χ2n) is 8.47. The van der Waals surface area contributed by atoms with Crippen molar-refractivity contribution in [3.8, 4) is 11.5 Å². The van der Waals surface area contributed by atoms with Crippen LogP contribution in [0.5, 0.6) is 11.5 Å². The van der Waals surface area contributed by atoms with E-state index >= 15 is 0 Å². The summed E-state index contributed by atoms with van der Waals surface area (Å²) >= 11 is 9.91. The zero-order valence-electron chi connectivity index (χ0n) is 20.2. The number of fused-ring (bicyclic) bond motifs is 1. The number of halogens is 2. The Bertz CT molecular complexity index is 1570. The number of aromatic carboxylic acids is 1. The van der Waals surface area contributed by atoms with Crippen LogP contribution in [0, 0.1) is 0 Å². The van der Waals surface area contributed by atoms with E-state index in [0.29, 0.717) is 38.8 Å². The summed E-state index contributed by atoms with van der Waals surface area (Å²) in [6.07, 6.45) is 1.52. The molecule has 10 heteroatoms. The van der Waals surface area contributed by atoms with Gasteiger partial charge in [0.25, 0.3) is 5.56 Å². The molecule has 0 aliphatic rings. The van der Waals surface area contributed by atoms with Gasteiger partial charge in [-0.05, 0) is 53.6 Å². The molecule has 0 aliphatic heterocycles. The molecule has 8 nitrogen and oxygen atoms in total. The van der Waals surface area contributed by atoms with Gasteiger partial charge >= 0.3 is 5.97 Å². The number of benzene rings is 3. The summed E-state index contributed by atoms with van der Waals surface area (Å²) in [6, 6.07) is 15.1. The molecule has 0 atom stereocenters. The van der Waals surface area contributed by atoms with Crippen molar-refractivity contribution >= 4 is 50.6 Å². The molecule has 0 spiro atoms. The number of methoxy groups -OCH3 is 1. The monoisotopic (exact) mass is 583 g/mol. The average Bonchev–Trinajstić information content (AvgIpc) is 2.87. The van der Waals surface area contributed by atoms with Gasteiger partial charge in [0.1, 0.15) is 12.4 Å². The first kappa shape index (κ1) is 26.4. The van der Waals surface area contributed by atoms with Gasteiger partial charge in [-0.15, -0.1) is 0 Å². The van der Waals surface area contributed by atoms with E-state index in [1.54, 1.807) is 36.4 Å². The maximum atomic E-state index is 13.2. The number of hydrogen-bond donors (Lipinski definition) is 1. The van der Waals surface area contributed by atoms with E-state index in [2.05, 4.69) is 26.0 Å². The van der Waals surface area contributed by atoms with Crippen molar-refractivity contribution in [1.82, 2.24) is 9.66 Å². The van der Waals surface area contributed by atoms with E-state index < -0.39 is 5.97 Å². The third-order valence-corrected chi connectivity index (χ3v) is 6.28.